The lowest BCUT2D eigenvalue weighted by atomic mass is 10.5. The van der Waals surface area contributed by atoms with Crippen LogP contribution in [0.3, 0.4) is 0 Å². The second kappa shape index (κ2) is 5.87. The monoisotopic (exact) mass is 254 g/mol. The number of carbonyl (C=O) groups is 1. The van der Waals surface area contributed by atoms with Gasteiger partial charge in [0.25, 0.3) is 0 Å². The number of carboxylic acids is 1. The van der Waals surface area contributed by atoms with Crippen LogP contribution in [0.2, 0.25) is 0 Å². The van der Waals surface area contributed by atoms with Crippen LogP contribution in [0.1, 0.15) is 19.5 Å². The molecule has 0 spiro atoms. The zero-order valence-electron chi connectivity index (χ0n) is 10.1. The van der Waals surface area contributed by atoms with E-state index in [1.807, 2.05) is 13.8 Å². The first kappa shape index (κ1) is 13.8. The minimum Gasteiger partial charge on any atom is -0.480 e. The fourth-order valence-electron chi connectivity index (χ4n) is 1.26. The van der Waals surface area contributed by atoms with Crippen molar-refractivity contribution in [3.63, 3.8) is 0 Å². The van der Waals surface area contributed by atoms with Gasteiger partial charge in [0.1, 0.15) is 18.6 Å². The molecule has 0 bridgehead atoms. The van der Waals surface area contributed by atoms with Crippen molar-refractivity contribution in [3.8, 4) is 0 Å². The molecule has 0 aliphatic heterocycles. The fourth-order valence-corrected chi connectivity index (χ4v) is 1.26. The summed E-state index contributed by atoms with van der Waals surface area (Å²) in [6.07, 6.45) is 1.24. The third-order valence-electron chi connectivity index (χ3n) is 1.97. The lowest BCUT2D eigenvalue weighted by Gasteiger charge is -1.99. The van der Waals surface area contributed by atoms with Crippen LogP contribution in [0, 0.1) is 0 Å². The molecule has 0 radical (unpaired) electrons. The highest BCUT2D eigenvalue weighted by atomic mass is 16.4. The van der Waals surface area contributed by atoms with Gasteiger partial charge in [-0.2, -0.15) is 4.68 Å². The maximum Gasteiger partial charge on any atom is 0.353 e. The van der Waals surface area contributed by atoms with Crippen LogP contribution in [0.25, 0.3) is 5.65 Å². The topological polar surface area (TPSA) is 128 Å². The zero-order valence-corrected chi connectivity index (χ0v) is 10.1. The molecule has 2 heterocycles. The Balaban J connectivity index is 0.000000771. The summed E-state index contributed by atoms with van der Waals surface area (Å²) in [6.45, 7) is 3.59. The summed E-state index contributed by atoms with van der Waals surface area (Å²) in [7, 11) is 0. The minimum absolute atomic E-state index is 0.133. The number of aliphatic carboxylic acids is 1. The molecular weight excluding hydrogens is 240 g/mol. The largest absolute Gasteiger partial charge is 0.480 e. The van der Waals surface area contributed by atoms with Gasteiger partial charge in [0.15, 0.2) is 5.65 Å². The molecule has 9 heteroatoms. The Bertz CT molecular complexity index is 602. The lowest BCUT2D eigenvalue weighted by Crippen LogP contribution is -2.32. The van der Waals surface area contributed by atoms with E-state index in [1.165, 1.54) is 6.33 Å². The molecule has 9 nitrogen and oxygen atoms in total. The van der Waals surface area contributed by atoms with Gasteiger partial charge in [-0.05, 0) is 0 Å². The molecule has 0 atom stereocenters. The lowest BCUT2D eigenvalue weighted by molar-refractivity contribution is -0.138. The van der Waals surface area contributed by atoms with E-state index in [2.05, 4.69) is 15.3 Å². The van der Waals surface area contributed by atoms with Crippen molar-refractivity contribution in [1.82, 2.24) is 24.4 Å². The van der Waals surface area contributed by atoms with E-state index in [-0.39, 0.29) is 12.2 Å². The van der Waals surface area contributed by atoms with Gasteiger partial charge in [0, 0.05) is 6.54 Å². The first-order chi connectivity index (χ1) is 8.63. The molecule has 2 aromatic rings. The standard InChI is InChI=1S/C7H8N6O3.C2H6/c8-1-4-6-10-11-13(2-5(14)15)7(16)12(6)3-9-4;1-2/h3H,1-2,8H2,(H,14,15);1-2H3. The van der Waals surface area contributed by atoms with Crippen molar-refractivity contribution in [2.45, 2.75) is 26.9 Å². The van der Waals surface area contributed by atoms with E-state index >= 15 is 0 Å². The average molecular weight is 254 g/mol. The number of nitrogens with two attached hydrogens (primary N) is 1. The summed E-state index contributed by atoms with van der Waals surface area (Å²) < 4.78 is 1.84. The Hall–Kier alpha value is -2.29. The molecule has 0 saturated heterocycles. The third kappa shape index (κ3) is 2.51. The molecule has 0 amide bonds. The molecule has 98 valence electrons. The molecular formula is C9H14N6O3. The zero-order chi connectivity index (χ0) is 13.7. The Kier molecular flexibility index (Phi) is 4.49. The summed E-state index contributed by atoms with van der Waals surface area (Å²) in [5, 5.41) is 15.7. The summed E-state index contributed by atoms with van der Waals surface area (Å²) in [4.78, 5) is 26.0. The summed E-state index contributed by atoms with van der Waals surface area (Å²) in [6, 6.07) is 0. The molecule has 0 unspecified atom stereocenters. The van der Waals surface area contributed by atoms with E-state index in [9.17, 15) is 9.59 Å². The second-order valence-corrected chi connectivity index (χ2v) is 3.01. The van der Waals surface area contributed by atoms with Crippen LogP contribution in [-0.2, 0) is 17.9 Å². The molecule has 0 aliphatic rings. The molecule has 0 saturated carbocycles. The Morgan fingerprint density at radius 2 is 2.17 bits per heavy atom. The van der Waals surface area contributed by atoms with E-state index in [0.717, 1.165) is 9.08 Å². The number of rotatable bonds is 3. The number of imidazole rings is 1. The number of hydrogen-bond donors (Lipinski definition) is 2. The Morgan fingerprint density at radius 3 is 2.72 bits per heavy atom. The van der Waals surface area contributed by atoms with Crippen LogP contribution in [0.4, 0.5) is 0 Å². The summed E-state index contributed by atoms with van der Waals surface area (Å²) >= 11 is 0. The van der Waals surface area contributed by atoms with Crippen molar-refractivity contribution < 1.29 is 9.90 Å². The van der Waals surface area contributed by atoms with E-state index in [4.69, 9.17) is 10.8 Å². The molecule has 0 aliphatic carbocycles. The smallest absolute Gasteiger partial charge is 0.353 e. The van der Waals surface area contributed by atoms with E-state index < -0.39 is 18.2 Å². The maximum atomic E-state index is 11.7. The van der Waals surface area contributed by atoms with Crippen molar-refractivity contribution in [3.05, 3.63) is 22.5 Å². The number of nitrogens with zero attached hydrogens (tertiary/aromatic N) is 5. The number of aromatic nitrogens is 5. The van der Waals surface area contributed by atoms with E-state index in [0.29, 0.717) is 5.69 Å². The van der Waals surface area contributed by atoms with Gasteiger partial charge in [0.05, 0.1) is 0 Å². The number of fused-ring (bicyclic) bond motifs is 1. The first-order valence-corrected chi connectivity index (χ1v) is 5.35. The van der Waals surface area contributed by atoms with E-state index in [1.54, 1.807) is 0 Å². The van der Waals surface area contributed by atoms with Gasteiger partial charge in [-0.25, -0.2) is 14.2 Å². The fraction of sp³-hybridized carbons (Fsp3) is 0.444. The predicted octanol–water partition coefficient (Wildman–Crippen LogP) is -1.14. The van der Waals surface area contributed by atoms with Gasteiger partial charge >= 0.3 is 11.7 Å². The highest BCUT2D eigenvalue weighted by Crippen LogP contribution is 2.00. The highest BCUT2D eigenvalue weighted by Gasteiger charge is 2.11. The third-order valence-corrected chi connectivity index (χ3v) is 1.97. The molecule has 2 aromatic heterocycles. The van der Waals surface area contributed by atoms with Gasteiger partial charge in [-0.3, -0.25) is 4.79 Å². The van der Waals surface area contributed by atoms with Crippen LogP contribution in [0.15, 0.2) is 11.1 Å². The van der Waals surface area contributed by atoms with Crippen molar-refractivity contribution >= 4 is 11.6 Å². The van der Waals surface area contributed by atoms with Gasteiger partial charge in [0.2, 0.25) is 0 Å². The Labute approximate surface area is 102 Å². The van der Waals surface area contributed by atoms with Crippen LogP contribution >= 0.6 is 0 Å². The average Bonchev–Trinajstić information content (AvgIpc) is 2.78. The minimum atomic E-state index is -1.17. The van der Waals surface area contributed by atoms with Gasteiger partial charge in [-0.15, -0.1) is 5.10 Å². The van der Waals surface area contributed by atoms with Crippen molar-refractivity contribution in [1.29, 1.82) is 0 Å². The number of hydrogen-bond acceptors (Lipinski definition) is 6. The SMILES string of the molecule is CC.NCc1ncn2c(=O)n(CC(=O)O)nnc12. The van der Waals surface area contributed by atoms with Gasteiger partial charge in [-0.1, -0.05) is 19.1 Å². The molecule has 0 fully saturated rings. The van der Waals surface area contributed by atoms with Crippen LogP contribution < -0.4 is 11.4 Å². The normalized spacial score (nSPS) is 9.94. The van der Waals surface area contributed by atoms with Crippen molar-refractivity contribution in [2.24, 2.45) is 5.73 Å². The van der Waals surface area contributed by atoms with Crippen LogP contribution in [0.5, 0.6) is 0 Å². The maximum absolute atomic E-state index is 11.7. The number of carboxylic acid groups (broad SMARTS) is 1. The Morgan fingerprint density at radius 1 is 1.50 bits per heavy atom. The van der Waals surface area contributed by atoms with Crippen molar-refractivity contribution in [2.75, 3.05) is 0 Å². The predicted molar refractivity (Wildman–Crippen MR) is 61.9 cm³/mol. The van der Waals surface area contributed by atoms with Gasteiger partial charge < -0.3 is 10.8 Å². The first-order valence-electron chi connectivity index (χ1n) is 5.35. The molecule has 18 heavy (non-hydrogen) atoms. The quantitative estimate of drug-likeness (QED) is 0.707. The molecule has 3 N–H and O–H groups in total. The highest BCUT2D eigenvalue weighted by molar-refractivity contribution is 5.66. The van der Waals surface area contributed by atoms with Crippen LogP contribution in [-0.4, -0.2) is 35.5 Å². The molecule has 0 aromatic carbocycles. The molecule has 2 rings (SSSR count). The second-order valence-electron chi connectivity index (χ2n) is 3.01. The summed E-state index contributed by atoms with van der Waals surface area (Å²) in [5.41, 5.74) is 5.45. The summed E-state index contributed by atoms with van der Waals surface area (Å²) in [5.74, 6) is -1.17.